The lowest BCUT2D eigenvalue weighted by atomic mass is 10.1. The summed E-state index contributed by atoms with van der Waals surface area (Å²) in [6.07, 6.45) is 5.18. The van der Waals surface area contributed by atoms with Gasteiger partial charge in [-0.25, -0.2) is 0 Å². The van der Waals surface area contributed by atoms with Crippen LogP contribution in [0.25, 0.3) is 0 Å². The molecule has 0 unspecified atom stereocenters. The molecule has 1 heterocycles. The fraction of sp³-hybridized carbons (Fsp3) is 0.333. The molecule has 2 rings (SSSR count). The monoisotopic (exact) mass is 190 g/mol. The number of aryl methyl sites for hydroxylation is 1. The number of hydrogen-bond acceptors (Lipinski definition) is 2. The zero-order valence-electron chi connectivity index (χ0n) is 8.27. The standard InChI is InChI=1S/C12H14O2/c1-2-4-10-5-3-6-11(9-10)12-13-7-8-14-12/h3,5-9,12H,2,4H2,1H3. The first-order valence-corrected chi connectivity index (χ1v) is 4.95. The third-order valence-corrected chi connectivity index (χ3v) is 2.22. The summed E-state index contributed by atoms with van der Waals surface area (Å²) in [5.74, 6) is 0. The maximum Gasteiger partial charge on any atom is 0.266 e. The molecule has 0 spiro atoms. The summed E-state index contributed by atoms with van der Waals surface area (Å²) >= 11 is 0. The molecule has 0 bridgehead atoms. The first kappa shape index (κ1) is 9.13. The highest BCUT2D eigenvalue weighted by molar-refractivity contribution is 5.25. The number of hydrogen-bond donors (Lipinski definition) is 0. The lowest BCUT2D eigenvalue weighted by molar-refractivity contribution is -0.0246. The minimum absolute atomic E-state index is 0.244. The summed E-state index contributed by atoms with van der Waals surface area (Å²) in [4.78, 5) is 0. The summed E-state index contributed by atoms with van der Waals surface area (Å²) < 4.78 is 10.5. The predicted octanol–water partition coefficient (Wildman–Crippen LogP) is 3.16. The summed E-state index contributed by atoms with van der Waals surface area (Å²) in [6, 6.07) is 8.35. The van der Waals surface area contributed by atoms with Crippen molar-refractivity contribution in [2.45, 2.75) is 26.1 Å². The lowest BCUT2D eigenvalue weighted by Crippen LogP contribution is -1.98. The Labute approximate surface area is 84.2 Å². The van der Waals surface area contributed by atoms with E-state index in [2.05, 4.69) is 19.1 Å². The molecule has 0 radical (unpaired) electrons. The van der Waals surface area contributed by atoms with Gasteiger partial charge in [0.1, 0.15) is 12.5 Å². The summed E-state index contributed by atoms with van der Waals surface area (Å²) in [7, 11) is 0. The highest BCUT2D eigenvalue weighted by atomic mass is 16.7. The van der Waals surface area contributed by atoms with Gasteiger partial charge in [0.05, 0.1) is 0 Å². The zero-order valence-corrected chi connectivity index (χ0v) is 8.27. The second kappa shape index (κ2) is 4.18. The van der Waals surface area contributed by atoms with Gasteiger partial charge < -0.3 is 9.47 Å². The molecule has 0 amide bonds. The van der Waals surface area contributed by atoms with E-state index in [9.17, 15) is 0 Å². The largest absolute Gasteiger partial charge is 0.455 e. The highest BCUT2D eigenvalue weighted by Gasteiger charge is 2.14. The smallest absolute Gasteiger partial charge is 0.266 e. The lowest BCUT2D eigenvalue weighted by Gasteiger charge is -2.11. The number of benzene rings is 1. The van der Waals surface area contributed by atoms with Crippen LogP contribution < -0.4 is 0 Å². The third kappa shape index (κ3) is 1.90. The minimum Gasteiger partial charge on any atom is -0.455 e. The molecular formula is C12H14O2. The van der Waals surface area contributed by atoms with Crippen molar-refractivity contribution in [3.05, 3.63) is 47.9 Å². The Balaban J connectivity index is 2.13. The third-order valence-electron chi connectivity index (χ3n) is 2.22. The van der Waals surface area contributed by atoms with Crippen molar-refractivity contribution >= 4 is 0 Å². The van der Waals surface area contributed by atoms with Gasteiger partial charge in [-0.3, -0.25) is 0 Å². The summed E-state index contributed by atoms with van der Waals surface area (Å²) in [6.45, 7) is 2.18. The van der Waals surface area contributed by atoms with Gasteiger partial charge in [0.2, 0.25) is 0 Å². The minimum atomic E-state index is -0.244. The molecular weight excluding hydrogens is 176 g/mol. The van der Waals surface area contributed by atoms with Crippen LogP contribution >= 0.6 is 0 Å². The normalized spacial score (nSPS) is 15.2. The van der Waals surface area contributed by atoms with Crippen molar-refractivity contribution in [1.29, 1.82) is 0 Å². The zero-order chi connectivity index (χ0) is 9.80. The molecule has 14 heavy (non-hydrogen) atoms. The molecule has 1 aliphatic rings. The highest BCUT2D eigenvalue weighted by Crippen LogP contribution is 2.24. The van der Waals surface area contributed by atoms with Crippen LogP contribution in [0.2, 0.25) is 0 Å². The Bertz CT molecular complexity index is 323. The van der Waals surface area contributed by atoms with Crippen LogP contribution in [0.5, 0.6) is 0 Å². The SMILES string of the molecule is CCCc1cccc(C2OC=CO2)c1. The Morgan fingerprint density at radius 2 is 2.00 bits per heavy atom. The van der Waals surface area contributed by atoms with E-state index in [-0.39, 0.29) is 6.29 Å². The van der Waals surface area contributed by atoms with E-state index in [0.717, 1.165) is 18.4 Å². The summed E-state index contributed by atoms with van der Waals surface area (Å²) in [5.41, 5.74) is 2.42. The van der Waals surface area contributed by atoms with Crippen LogP contribution in [0.4, 0.5) is 0 Å². The Hall–Kier alpha value is -1.44. The maximum atomic E-state index is 5.27. The van der Waals surface area contributed by atoms with Crippen molar-refractivity contribution in [1.82, 2.24) is 0 Å². The van der Waals surface area contributed by atoms with Crippen LogP contribution in [0.1, 0.15) is 30.8 Å². The maximum absolute atomic E-state index is 5.27. The number of ether oxygens (including phenoxy) is 2. The molecule has 1 aromatic rings. The second-order valence-electron chi connectivity index (χ2n) is 3.37. The van der Waals surface area contributed by atoms with Gasteiger partial charge in [-0.1, -0.05) is 31.5 Å². The van der Waals surface area contributed by atoms with E-state index in [1.54, 1.807) is 12.5 Å². The fourth-order valence-electron chi connectivity index (χ4n) is 1.58. The first-order valence-electron chi connectivity index (χ1n) is 4.95. The van der Waals surface area contributed by atoms with E-state index < -0.39 is 0 Å². The Morgan fingerprint density at radius 1 is 1.21 bits per heavy atom. The molecule has 2 nitrogen and oxygen atoms in total. The second-order valence-corrected chi connectivity index (χ2v) is 3.37. The van der Waals surface area contributed by atoms with Gasteiger partial charge >= 0.3 is 0 Å². The molecule has 2 heteroatoms. The van der Waals surface area contributed by atoms with Crippen LogP contribution in [0, 0.1) is 0 Å². The molecule has 0 saturated heterocycles. The fourth-order valence-corrected chi connectivity index (χ4v) is 1.58. The van der Waals surface area contributed by atoms with Crippen LogP contribution in [0.15, 0.2) is 36.8 Å². The van der Waals surface area contributed by atoms with E-state index in [1.807, 2.05) is 12.1 Å². The van der Waals surface area contributed by atoms with Gasteiger partial charge in [0, 0.05) is 5.56 Å². The molecule has 0 aliphatic carbocycles. The average molecular weight is 190 g/mol. The Kier molecular flexibility index (Phi) is 2.73. The molecule has 0 atom stereocenters. The predicted molar refractivity (Wildman–Crippen MR) is 54.5 cm³/mol. The van der Waals surface area contributed by atoms with E-state index >= 15 is 0 Å². The van der Waals surface area contributed by atoms with E-state index in [0.29, 0.717) is 0 Å². The van der Waals surface area contributed by atoms with Crippen LogP contribution in [-0.2, 0) is 15.9 Å². The van der Waals surface area contributed by atoms with Gasteiger partial charge in [0.25, 0.3) is 6.29 Å². The number of rotatable bonds is 3. The van der Waals surface area contributed by atoms with Crippen molar-refractivity contribution in [3.63, 3.8) is 0 Å². The average Bonchev–Trinajstić information content (AvgIpc) is 2.71. The molecule has 0 saturated carbocycles. The first-order chi connectivity index (χ1) is 6.90. The Morgan fingerprint density at radius 3 is 2.71 bits per heavy atom. The van der Waals surface area contributed by atoms with Crippen LogP contribution in [-0.4, -0.2) is 0 Å². The molecule has 1 aromatic carbocycles. The van der Waals surface area contributed by atoms with Gasteiger partial charge in [-0.05, 0) is 18.1 Å². The van der Waals surface area contributed by atoms with Crippen molar-refractivity contribution in [2.24, 2.45) is 0 Å². The molecule has 0 aromatic heterocycles. The van der Waals surface area contributed by atoms with E-state index in [4.69, 9.17) is 9.47 Å². The molecule has 0 fully saturated rings. The quantitative estimate of drug-likeness (QED) is 0.728. The van der Waals surface area contributed by atoms with Crippen molar-refractivity contribution in [3.8, 4) is 0 Å². The molecule has 1 aliphatic heterocycles. The summed E-state index contributed by atoms with van der Waals surface area (Å²) in [5, 5.41) is 0. The van der Waals surface area contributed by atoms with E-state index in [1.165, 1.54) is 5.56 Å². The molecule has 0 N–H and O–H groups in total. The molecule has 74 valence electrons. The van der Waals surface area contributed by atoms with Crippen molar-refractivity contribution < 1.29 is 9.47 Å². The van der Waals surface area contributed by atoms with Gasteiger partial charge in [-0.15, -0.1) is 0 Å². The van der Waals surface area contributed by atoms with Gasteiger partial charge in [-0.2, -0.15) is 0 Å². The topological polar surface area (TPSA) is 18.5 Å². The van der Waals surface area contributed by atoms with Crippen LogP contribution in [0.3, 0.4) is 0 Å². The van der Waals surface area contributed by atoms with Crippen molar-refractivity contribution in [2.75, 3.05) is 0 Å². The van der Waals surface area contributed by atoms with Gasteiger partial charge in [0.15, 0.2) is 0 Å².